The first-order valence-electron chi connectivity index (χ1n) is 6.04. The molecule has 2 aromatic rings. The Morgan fingerprint density at radius 3 is 2.45 bits per heavy atom. The van der Waals surface area contributed by atoms with Crippen molar-refractivity contribution >= 4 is 29.3 Å². The van der Waals surface area contributed by atoms with Gasteiger partial charge in [0, 0.05) is 4.90 Å². The lowest BCUT2D eigenvalue weighted by atomic mass is 10.1. The number of carbonyl (C=O) groups is 1. The van der Waals surface area contributed by atoms with Crippen molar-refractivity contribution in [1.82, 2.24) is 15.5 Å². The van der Waals surface area contributed by atoms with E-state index in [-0.39, 0.29) is 22.8 Å². The predicted molar refractivity (Wildman–Crippen MR) is 81.1 cm³/mol. The molecule has 0 spiro atoms. The molecule has 0 saturated heterocycles. The lowest BCUT2D eigenvalue weighted by Gasteiger charge is -2.14. The summed E-state index contributed by atoms with van der Waals surface area (Å²) in [6.07, 6.45) is 2.03. The number of thioether (sulfide) groups is 1. The van der Waals surface area contributed by atoms with Crippen LogP contribution in [0.4, 0.5) is 0 Å². The molecule has 0 bridgehead atoms. The molecule has 0 aliphatic carbocycles. The van der Waals surface area contributed by atoms with E-state index in [0.29, 0.717) is 0 Å². The summed E-state index contributed by atoms with van der Waals surface area (Å²) in [6, 6.07) is 11.1. The van der Waals surface area contributed by atoms with E-state index in [1.54, 1.807) is 23.9 Å². The Bertz CT molecular complexity index is 586. The van der Waals surface area contributed by atoms with E-state index in [1.165, 1.54) is 4.90 Å². The van der Waals surface area contributed by atoms with Gasteiger partial charge in [0.25, 0.3) is 5.91 Å². The molecule has 0 saturated carbocycles. The molecular formula is C14H14ClN3OS. The maximum absolute atomic E-state index is 12.0. The summed E-state index contributed by atoms with van der Waals surface area (Å²) < 4.78 is 0. The van der Waals surface area contributed by atoms with Crippen molar-refractivity contribution in [2.45, 2.75) is 17.9 Å². The van der Waals surface area contributed by atoms with E-state index in [2.05, 4.69) is 15.5 Å². The van der Waals surface area contributed by atoms with Crippen LogP contribution in [0.15, 0.2) is 41.3 Å². The van der Waals surface area contributed by atoms with E-state index in [9.17, 15) is 4.79 Å². The fourth-order valence-electron chi connectivity index (χ4n) is 1.68. The summed E-state index contributed by atoms with van der Waals surface area (Å²) in [5, 5.41) is 10.6. The van der Waals surface area contributed by atoms with Gasteiger partial charge >= 0.3 is 0 Å². The zero-order valence-corrected chi connectivity index (χ0v) is 12.7. The summed E-state index contributed by atoms with van der Waals surface area (Å²) in [7, 11) is 0. The first-order chi connectivity index (χ1) is 9.60. The first kappa shape index (κ1) is 14.8. The molecule has 0 fully saturated rings. The highest BCUT2D eigenvalue weighted by Crippen LogP contribution is 2.19. The highest BCUT2D eigenvalue weighted by Gasteiger charge is 2.13. The number of nitrogens with zero attached hydrogens (tertiary/aromatic N) is 2. The van der Waals surface area contributed by atoms with Crippen LogP contribution >= 0.6 is 23.4 Å². The van der Waals surface area contributed by atoms with E-state index in [1.807, 2.05) is 37.4 Å². The summed E-state index contributed by atoms with van der Waals surface area (Å²) in [4.78, 5) is 13.2. The van der Waals surface area contributed by atoms with E-state index in [4.69, 9.17) is 11.6 Å². The molecule has 1 heterocycles. The van der Waals surface area contributed by atoms with Gasteiger partial charge in [0.1, 0.15) is 0 Å². The molecule has 20 heavy (non-hydrogen) atoms. The molecule has 1 aromatic heterocycles. The van der Waals surface area contributed by atoms with Crippen molar-refractivity contribution in [2.24, 2.45) is 0 Å². The standard InChI is InChI=1S/C14H14ClN3OS/c1-9(10-3-5-11(20-2)6-4-10)16-14(19)12-7-8-13(15)18-17-12/h3-9H,1-2H3,(H,16,19). The van der Waals surface area contributed by atoms with Crippen LogP contribution in [-0.4, -0.2) is 22.4 Å². The molecule has 1 amide bonds. The molecule has 1 atom stereocenters. The van der Waals surface area contributed by atoms with E-state index < -0.39 is 0 Å². The molecule has 0 aliphatic rings. The average Bonchev–Trinajstić information content (AvgIpc) is 2.48. The number of hydrogen-bond acceptors (Lipinski definition) is 4. The molecular weight excluding hydrogens is 294 g/mol. The molecule has 0 aliphatic heterocycles. The Morgan fingerprint density at radius 2 is 1.90 bits per heavy atom. The minimum absolute atomic E-state index is 0.101. The quantitative estimate of drug-likeness (QED) is 0.880. The van der Waals surface area contributed by atoms with Crippen LogP contribution in [0.2, 0.25) is 5.15 Å². The monoisotopic (exact) mass is 307 g/mol. The SMILES string of the molecule is CSc1ccc(C(C)NC(=O)c2ccc(Cl)nn2)cc1. The van der Waals surface area contributed by atoms with Gasteiger partial charge in [0.15, 0.2) is 10.8 Å². The topological polar surface area (TPSA) is 54.9 Å². The van der Waals surface area contributed by atoms with Gasteiger partial charge in [-0.3, -0.25) is 4.79 Å². The molecule has 1 aromatic carbocycles. The van der Waals surface area contributed by atoms with Crippen LogP contribution in [0.1, 0.15) is 29.0 Å². The zero-order chi connectivity index (χ0) is 14.5. The predicted octanol–water partition coefficient (Wildman–Crippen LogP) is 3.34. The van der Waals surface area contributed by atoms with Gasteiger partial charge in [-0.2, -0.15) is 0 Å². The van der Waals surface area contributed by atoms with Crippen molar-refractivity contribution in [2.75, 3.05) is 6.26 Å². The Hall–Kier alpha value is -1.59. The van der Waals surface area contributed by atoms with Crippen molar-refractivity contribution in [3.05, 3.63) is 52.8 Å². The number of nitrogens with one attached hydrogen (secondary N) is 1. The van der Waals surface area contributed by atoms with Crippen LogP contribution in [-0.2, 0) is 0 Å². The van der Waals surface area contributed by atoms with Crippen molar-refractivity contribution < 1.29 is 4.79 Å². The highest BCUT2D eigenvalue weighted by atomic mass is 35.5. The van der Waals surface area contributed by atoms with E-state index in [0.717, 1.165) is 5.56 Å². The summed E-state index contributed by atoms with van der Waals surface area (Å²) in [5.74, 6) is -0.268. The van der Waals surface area contributed by atoms with Gasteiger partial charge in [0.05, 0.1) is 6.04 Å². The Labute approximate surface area is 126 Å². The van der Waals surface area contributed by atoms with Crippen LogP contribution in [0.25, 0.3) is 0 Å². The second kappa shape index (κ2) is 6.72. The molecule has 4 nitrogen and oxygen atoms in total. The van der Waals surface area contributed by atoms with Gasteiger partial charge in [-0.15, -0.1) is 22.0 Å². The molecule has 104 valence electrons. The van der Waals surface area contributed by atoms with E-state index >= 15 is 0 Å². The maximum atomic E-state index is 12.0. The molecule has 2 rings (SSSR count). The van der Waals surface area contributed by atoms with Gasteiger partial charge < -0.3 is 5.32 Å². The van der Waals surface area contributed by atoms with Gasteiger partial charge in [0.2, 0.25) is 0 Å². The second-order valence-corrected chi connectivity index (χ2v) is 5.48. The number of carbonyl (C=O) groups excluding carboxylic acids is 1. The highest BCUT2D eigenvalue weighted by molar-refractivity contribution is 7.98. The third-order valence-electron chi connectivity index (χ3n) is 2.83. The number of aromatic nitrogens is 2. The normalized spacial score (nSPS) is 11.9. The van der Waals surface area contributed by atoms with Crippen LogP contribution in [0.3, 0.4) is 0 Å². The maximum Gasteiger partial charge on any atom is 0.272 e. The molecule has 0 radical (unpaired) electrons. The fourth-order valence-corrected chi connectivity index (χ4v) is 2.19. The fraction of sp³-hybridized carbons (Fsp3) is 0.214. The third-order valence-corrected chi connectivity index (χ3v) is 3.77. The minimum atomic E-state index is -0.268. The van der Waals surface area contributed by atoms with Crippen LogP contribution in [0, 0.1) is 0 Å². The number of amides is 1. The smallest absolute Gasteiger partial charge is 0.272 e. The first-order valence-corrected chi connectivity index (χ1v) is 7.64. The Kier molecular flexibility index (Phi) is 4.98. The Morgan fingerprint density at radius 1 is 1.20 bits per heavy atom. The largest absolute Gasteiger partial charge is 0.344 e. The number of benzene rings is 1. The van der Waals surface area contributed by atoms with Crippen molar-refractivity contribution in [3.8, 4) is 0 Å². The van der Waals surface area contributed by atoms with Gasteiger partial charge in [-0.25, -0.2) is 0 Å². The molecule has 1 unspecified atom stereocenters. The van der Waals surface area contributed by atoms with Gasteiger partial charge in [-0.05, 0) is 43.0 Å². The number of hydrogen-bond donors (Lipinski definition) is 1. The lowest BCUT2D eigenvalue weighted by Crippen LogP contribution is -2.27. The summed E-state index contributed by atoms with van der Waals surface area (Å²) >= 11 is 7.32. The molecule has 1 N–H and O–H groups in total. The average molecular weight is 308 g/mol. The number of rotatable bonds is 4. The van der Waals surface area contributed by atoms with Crippen molar-refractivity contribution in [3.63, 3.8) is 0 Å². The van der Waals surface area contributed by atoms with Crippen LogP contribution < -0.4 is 5.32 Å². The Balaban J connectivity index is 2.04. The summed E-state index contributed by atoms with van der Waals surface area (Å²) in [5.41, 5.74) is 1.29. The summed E-state index contributed by atoms with van der Waals surface area (Å²) in [6.45, 7) is 1.93. The molecule has 6 heteroatoms. The van der Waals surface area contributed by atoms with Crippen LogP contribution in [0.5, 0.6) is 0 Å². The van der Waals surface area contributed by atoms with Crippen molar-refractivity contribution in [1.29, 1.82) is 0 Å². The number of halogens is 1. The third kappa shape index (κ3) is 3.71. The minimum Gasteiger partial charge on any atom is -0.344 e. The zero-order valence-electron chi connectivity index (χ0n) is 11.1. The second-order valence-electron chi connectivity index (χ2n) is 4.21. The lowest BCUT2D eigenvalue weighted by molar-refractivity contribution is 0.0934. The van der Waals surface area contributed by atoms with Gasteiger partial charge in [-0.1, -0.05) is 23.7 Å².